The van der Waals surface area contributed by atoms with Gasteiger partial charge in [0.15, 0.2) is 0 Å². The number of ether oxygens (including phenoxy) is 2. The first-order valence-electron chi connectivity index (χ1n) is 9.59. The van der Waals surface area contributed by atoms with Crippen molar-refractivity contribution < 1.29 is 19.4 Å². The summed E-state index contributed by atoms with van der Waals surface area (Å²) < 4.78 is 10.2. The van der Waals surface area contributed by atoms with Crippen LogP contribution in [0.1, 0.15) is 23.7 Å². The highest BCUT2D eigenvalue weighted by Gasteiger charge is 2.42. The van der Waals surface area contributed by atoms with Crippen LogP contribution >= 0.6 is 0 Å². The number of aromatic hydroxyl groups is 1. The minimum Gasteiger partial charge on any atom is -0.507 e. The van der Waals surface area contributed by atoms with E-state index in [-0.39, 0.29) is 23.8 Å². The van der Waals surface area contributed by atoms with Crippen LogP contribution in [-0.2, 0) is 20.7 Å². The molecule has 2 aliphatic heterocycles. The number of nitrogens with zero attached hydrogens (tertiary/aromatic N) is 1. The SMILES string of the molecule is C=C[C@H]1CN2CCc3c([nH]c4cccc(O)c34)[C@@H]2C[C@@H]1/C(=C\OC)C(=O)OC. The van der Waals surface area contributed by atoms with E-state index in [1.54, 1.807) is 13.2 Å². The number of methoxy groups -OCH3 is 2. The molecular formula is C22H26N2O4. The molecule has 2 aromatic rings. The van der Waals surface area contributed by atoms with Gasteiger partial charge < -0.3 is 19.6 Å². The molecule has 0 spiro atoms. The molecule has 148 valence electrons. The Morgan fingerprint density at radius 3 is 2.93 bits per heavy atom. The number of benzene rings is 1. The number of rotatable bonds is 4. The van der Waals surface area contributed by atoms with Crippen molar-refractivity contribution in [3.8, 4) is 5.75 Å². The normalized spacial score (nSPS) is 25.1. The lowest BCUT2D eigenvalue weighted by Gasteiger charge is -2.45. The van der Waals surface area contributed by atoms with E-state index >= 15 is 0 Å². The van der Waals surface area contributed by atoms with Gasteiger partial charge in [-0.15, -0.1) is 6.58 Å². The van der Waals surface area contributed by atoms with Crippen molar-refractivity contribution in [3.05, 3.63) is 53.9 Å². The molecule has 3 atom stereocenters. The minimum absolute atomic E-state index is 0.0443. The fourth-order valence-corrected chi connectivity index (χ4v) is 4.88. The van der Waals surface area contributed by atoms with E-state index in [0.29, 0.717) is 11.3 Å². The second-order valence-corrected chi connectivity index (χ2v) is 7.52. The van der Waals surface area contributed by atoms with E-state index in [2.05, 4.69) is 16.5 Å². The van der Waals surface area contributed by atoms with Crippen LogP contribution in [0.4, 0.5) is 0 Å². The number of hydrogen-bond acceptors (Lipinski definition) is 5. The third-order valence-corrected chi connectivity index (χ3v) is 6.17. The van der Waals surface area contributed by atoms with Crippen LogP contribution in [0.5, 0.6) is 5.75 Å². The van der Waals surface area contributed by atoms with E-state index in [4.69, 9.17) is 9.47 Å². The van der Waals surface area contributed by atoms with Gasteiger partial charge in [0.05, 0.1) is 32.1 Å². The second kappa shape index (κ2) is 7.36. The number of phenols is 1. The number of carbonyl (C=O) groups is 1. The Labute approximate surface area is 164 Å². The maximum Gasteiger partial charge on any atom is 0.337 e. The minimum atomic E-state index is -0.363. The zero-order valence-corrected chi connectivity index (χ0v) is 16.3. The Balaban J connectivity index is 1.76. The number of fused-ring (bicyclic) bond motifs is 5. The van der Waals surface area contributed by atoms with Crippen molar-refractivity contribution in [3.63, 3.8) is 0 Å². The molecule has 6 heteroatoms. The summed E-state index contributed by atoms with van der Waals surface area (Å²) in [5.74, 6) is 0.0416. The first-order valence-corrected chi connectivity index (χ1v) is 9.59. The standard InChI is InChI=1S/C22H26N2O4/c1-4-13-11-24-9-8-14-20-17(6-5-7-19(20)25)23-21(14)18(24)10-15(13)16(12-27-2)22(26)28-3/h4-7,12-13,15,18,23,25H,1,8-11H2,2-3H3/b16-12+/t13-,15-,18-/m0/s1. The quantitative estimate of drug-likeness (QED) is 0.367. The van der Waals surface area contributed by atoms with Gasteiger partial charge in [0.25, 0.3) is 0 Å². The molecule has 0 radical (unpaired) electrons. The molecule has 0 amide bonds. The zero-order chi connectivity index (χ0) is 19.8. The van der Waals surface area contributed by atoms with Crippen LogP contribution in [0, 0.1) is 11.8 Å². The Kier molecular flexibility index (Phi) is 4.89. The third-order valence-electron chi connectivity index (χ3n) is 6.17. The average molecular weight is 382 g/mol. The van der Waals surface area contributed by atoms with E-state index < -0.39 is 0 Å². The number of aromatic nitrogens is 1. The largest absolute Gasteiger partial charge is 0.507 e. The molecule has 1 aromatic heterocycles. The average Bonchev–Trinajstić information content (AvgIpc) is 3.10. The number of nitrogens with one attached hydrogen (secondary N) is 1. The molecule has 3 heterocycles. The van der Waals surface area contributed by atoms with E-state index in [1.165, 1.54) is 18.9 Å². The second-order valence-electron chi connectivity index (χ2n) is 7.52. The lowest BCUT2D eigenvalue weighted by atomic mass is 9.75. The van der Waals surface area contributed by atoms with Crippen LogP contribution in [0.2, 0.25) is 0 Å². The van der Waals surface area contributed by atoms with E-state index in [1.807, 2.05) is 18.2 Å². The lowest BCUT2D eigenvalue weighted by molar-refractivity contribution is -0.137. The summed E-state index contributed by atoms with van der Waals surface area (Å²) in [7, 11) is 2.93. The van der Waals surface area contributed by atoms with Gasteiger partial charge in [-0.25, -0.2) is 4.79 Å². The fraction of sp³-hybridized carbons (Fsp3) is 0.409. The molecule has 1 fully saturated rings. The molecule has 28 heavy (non-hydrogen) atoms. The van der Waals surface area contributed by atoms with Gasteiger partial charge >= 0.3 is 5.97 Å². The number of phenolic OH excluding ortho intramolecular Hbond substituents is 1. The van der Waals surface area contributed by atoms with Crippen LogP contribution in [-0.4, -0.2) is 48.3 Å². The molecule has 2 aliphatic rings. The topological polar surface area (TPSA) is 74.8 Å². The van der Waals surface area contributed by atoms with Crippen molar-refractivity contribution in [1.29, 1.82) is 0 Å². The van der Waals surface area contributed by atoms with Gasteiger partial charge in [-0.3, -0.25) is 4.90 Å². The summed E-state index contributed by atoms with van der Waals surface area (Å²) in [5, 5.41) is 11.3. The van der Waals surface area contributed by atoms with E-state index in [0.717, 1.165) is 42.5 Å². The van der Waals surface area contributed by atoms with Gasteiger partial charge in [-0.1, -0.05) is 12.1 Å². The number of H-pyrrole nitrogens is 1. The molecule has 0 unspecified atom stereocenters. The molecule has 0 bridgehead atoms. The maximum atomic E-state index is 12.4. The summed E-state index contributed by atoms with van der Waals surface area (Å²) in [6.45, 7) is 5.73. The van der Waals surface area contributed by atoms with E-state index in [9.17, 15) is 9.90 Å². The maximum absolute atomic E-state index is 12.4. The number of hydrogen-bond donors (Lipinski definition) is 2. The number of aromatic amines is 1. The fourth-order valence-electron chi connectivity index (χ4n) is 4.88. The molecule has 0 saturated carbocycles. The van der Waals surface area contributed by atoms with Crippen molar-refractivity contribution in [2.45, 2.75) is 18.9 Å². The lowest BCUT2D eigenvalue weighted by Crippen LogP contribution is -2.46. The molecule has 4 rings (SSSR count). The molecule has 2 N–H and O–H groups in total. The highest BCUT2D eigenvalue weighted by Crippen LogP contribution is 2.46. The van der Waals surface area contributed by atoms with Crippen molar-refractivity contribution >= 4 is 16.9 Å². The van der Waals surface area contributed by atoms with Crippen LogP contribution in [0.25, 0.3) is 10.9 Å². The first kappa shape index (κ1) is 18.6. The first-order chi connectivity index (χ1) is 13.6. The number of esters is 1. The molecule has 0 aliphatic carbocycles. The predicted octanol–water partition coefficient (Wildman–Crippen LogP) is 3.30. The Morgan fingerprint density at radius 1 is 1.39 bits per heavy atom. The molecule has 1 aromatic carbocycles. The summed E-state index contributed by atoms with van der Waals surface area (Å²) in [5.41, 5.74) is 3.81. The summed E-state index contributed by atoms with van der Waals surface area (Å²) in [4.78, 5) is 18.4. The Hall–Kier alpha value is -2.73. The van der Waals surface area contributed by atoms with Gasteiger partial charge in [-0.05, 0) is 36.5 Å². The summed E-state index contributed by atoms with van der Waals surface area (Å²) in [6.07, 6.45) is 5.07. The van der Waals surface area contributed by atoms with Crippen molar-refractivity contribution in [1.82, 2.24) is 9.88 Å². The summed E-state index contributed by atoms with van der Waals surface area (Å²) >= 11 is 0. The smallest absolute Gasteiger partial charge is 0.337 e. The monoisotopic (exact) mass is 382 g/mol. The van der Waals surface area contributed by atoms with Gasteiger partial charge in [0.1, 0.15) is 5.75 Å². The van der Waals surface area contributed by atoms with Crippen molar-refractivity contribution in [2.75, 3.05) is 27.3 Å². The third kappa shape index (κ3) is 2.88. The summed E-state index contributed by atoms with van der Waals surface area (Å²) in [6, 6.07) is 5.72. The predicted molar refractivity (Wildman–Crippen MR) is 107 cm³/mol. The van der Waals surface area contributed by atoms with Gasteiger partial charge in [-0.2, -0.15) is 0 Å². The Morgan fingerprint density at radius 2 is 2.21 bits per heavy atom. The Bertz CT molecular complexity index is 945. The van der Waals surface area contributed by atoms with Crippen LogP contribution in [0.3, 0.4) is 0 Å². The van der Waals surface area contributed by atoms with Crippen molar-refractivity contribution in [2.24, 2.45) is 11.8 Å². The van der Waals surface area contributed by atoms with Gasteiger partial charge in [0, 0.05) is 35.6 Å². The molecule has 6 nitrogen and oxygen atoms in total. The van der Waals surface area contributed by atoms with Gasteiger partial charge in [0.2, 0.25) is 0 Å². The van der Waals surface area contributed by atoms with Crippen LogP contribution < -0.4 is 0 Å². The van der Waals surface area contributed by atoms with Crippen LogP contribution in [0.15, 0.2) is 42.7 Å². The highest BCUT2D eigenvalue weighted by molar-refractivity contribution is 5.91. The highest BCUT2D eigenvalue weighted by atomic mass is 16.5. The molecular weight excluding hydrogens is 356 g/mol. The zero-order valence-electron chi connectivity index (χ0n) is 16.3. The number of piperidine rings is 1. The number of carbonyl (C=O) groups excluding carboxylic acids is 1. The molecule has 1 saturated heterocycles.